The van der Waals surface area contributed by atoms with Crippen LogP contribution in [0.15, 0.2) is 30.6 Å². The third-order valence-electron chi connectivity index (χ3n) is 2.82. The Hall–Kier alpha value is -1.97. The molecule has 0 atom stereocenters. The van der Waals surface area contributed by atoms with Crippen LogP contribution in [-0.2, 0) is 0 Å². The summed E-state index contributed by atoms with van der Waals surface area (Å²) in [7, 11) is 0. The number of hydrogen-bond acceptors (Lipinski definition) is 3. The van der Waals surface area contributed by atoms with Gasteiger partial charge in [0.1, 0.15) is 12.0 Å². The van der Waals surface area contributed by atoms with Crippen LogP contribution in [0.1, 0.15) is 36.7 Å². The van der Waals surface area contributed by atoms with Gasteiger partial charge in [-0.05, 0) is 12.5 Å². The van der Waals surface area contributed by atoms with Crippen LogP contribution in [0.2, 0.25) is 0 Å². The molecule has 2 aromatic rings. The Bertz CT molecular complexity index is 534. The molecule has 4 nitrogen and oxygen atoms in total. The minimum Gasteiger partial charge on any atom is -0.351 e. The minimum absolute atomic E-state index is 0.121. The number of nitrogens with one attached hydrogen (secondary N) is 1. The summed E-state index contributed by atoms with van der Waals surface area (Å²) < 4.78 is 0. The van der Waals surface area contributed by atoms with Gasteiger partial charge >= 0.3 is 0 Å². The maximum absolute atomic E-state index is 12.0. The molecule has 94 valence electrons. The SMILES string of the molecule is CCCCCNC(=O)c1ncnc2ccccc12. The largest absolute Gasteiger partial charge is 0.351 e. The lowest BCUT2D eigenvalue weighted by Gasteiger charge is -2.06. The quantitative estimate of drug-likeness (QED) is 0.821. The number of benzene rings is 1. The molecule has 0 spiro atoms. The third kappa shape index (κ3) is 2.83. The highest BCUT2D eigenvalue weighted by Crippen LogP contribution is 2.13. The van der Waals surface area contributed by atoms with Crippen LogP contribution < -0.4 is 5.32 Å². The molecule has 0 bridgehead atoms. The lowest BCUT2D eigenvalue weighted by atomic mass is 10.2. The molecule has 2 rings (SSSR count). The van der Waals surface area contributed by atoms with Crippen molar-refractivity contribution in [3.8, 4) is 0 Å². The fraction of sp³-hybridized carbons (Fsp3) is 0.357. The highest BCUT2D eigenvalue weighted by Gasteiger charge is 2.10. The Kier molecular flexibility index (Phi) is 4.23. The van der Waals surface area contributed by atoms with E-state index in [1.807, 2.05) is 24.3 Å². The lowest BCUT2D eigenvalue weighted by molar-refractivity contribution is 0.0949. The normalized spacial score (nSPS) is 10.5. The number of aromatic nitrogens is 2. The summed E-state index contributed by atoms with van der Waals surface area (Å²) in [5, 5.41) is 3.70. The van der Waals surface area contributed by atoms with Crippen molar-refractivity contribution in [1.29, 1.82) is 0 Å². The van der Waals surface area contributed by atoms with Gasteiger partial charge in [0.2, 0.25) is 0 Å². The molecule has 1 aromatic carbocycles. The van der Waals surface area contributed by atoms with E-state index in [2.05, 4.69) is 22.2 Å². The van der Waals surface area contributed by atoms with E-state index in [1.165, 1.54) is 6.33 Å². The second kappa shape index (κ2) is 6.10. The molecule has 0 unspecified atom stereocenters. The number of nitrogens with zero attached hydrogens (tertiary/aromatic N) is 2. The average Bonchev–Trinajstić information content (AvgIpc) is 2.43. The Balaban J connectivity index is 2.13. The lowest BCUT2D eigenvalue weighted by Crippen LogP contribution is -2.25. The van der Waals surface area contributed by atoms with E-state index in [0.717, 1.165) is 30.2 Å². The van der Waals surface area contributed by atoms with Gasteiger partial charge in [0.15, 0.2) is 0 Å². The van der Waals surface area contributed by atoms with E-state index < -0.39 is 0 Å². The number of para-hydroxylation sites is 1. The molecule has 0 fully saturated rings. The van der Waals surface area contributed by atoms with Crippen molar-refractivity contribution < 1.29 is 4.79 Å². The molecule has 0 saturated heterocycles. The Morgan fingerprint density at radius 1 is 1.22 bits per heavy atom. The van der Waals surface area contributed by atoms with E-state index in [4.69, 9.17) is 0 Å². The molecular weight excluding hydrogens is 226 g/mol. The molecule has 1 heterocycles. The van der Waals surface area contributed by atoms with Crippen LogP contribution >= 0.6 is 0 Å². The van der Waals surface area contributed by atoms with Gasteiger partial charge in [-0.25, -0.2) is 9.97 Å². The summed E-state index contributed by atoms with van der Waals surface area (Å²) in [6, 6.07) is 7.54. The van der Waals surface area contributed by atoms with Gasteiger partial charge in [-0.1, -0.05) is 38.0 Å². The van der Waals surface area contributed by atoms with E-state index in [9.17, 15) is 4.79 Å². The summed E-state index contributed by atoms with van der Waals surface area (Å²) in [5.74, 6) is -0.121. The highest BCUT2D eigenvalue weighted by molar-refractivity contribution is 6.04. The van der Waals surface area contributed by atoms with Crippen LogP contribution in [0.25, 0.3) is 10.9 Å². The van der Waals surface area contributed by atoms with Crippen molar-refractivity contribution in [3.63, 3.8) is 0 Å². The zero-order valence-electron chi connectivity index (χ0n) is 10.5. The first-order valence-corrected chi connectivity index (χ1v) is 6.31. The third-order valence-corrected chi connectivity index (χ3v) is 2.82. The number of carbonyl (C=O) groups excluding carboxylic acids is 1. The van der Waals surface area contributed by atoms with Crippen LogP contribution in [0.3, 0.4) is 0 Å². The molecule has 0 aliphatic carbocycles. The maximum atomic E-state index is 12.0. The molecule has 1 aromatic heterocycles. The van der Waals surface area contributed by atoms with Gasteiger partial charge < -0.3 is 5.32 Å². The molecule has 1 N–H and O–H groups in total. The van der Waals surface area contributed by atoms with Crippen LogP contribution in [0, 0.1) is 0 Å². The van der Waals surface area contributed by atoms with E-state index in [1.54, 1.807) is 0 Å². The molecule has 0 radical (unpaired) electrons. The summed E-state index contributed by atoms with van der Waals surface area (Å²) in [6.07, 6.45) is 4.71. The molecule has 0 aliphatic rings. The zero-order chi connectivity index (χ0) is 12.8. The number of rotatable bonds is 5. The molecule has 0 aliphatic heterocycles. The number of fused-ring (bicyclic) bond motifs is 1. The zero-order valence-corrected chi connectivity index (χ0v) is 10.5. The molecule has 1 amide bonds. The van der Waals surface area contributed by atoms with Gasteiger partial charge in [0, 0.05) is 11.9 Å². The smallest absolute Gasteiger partial charge is 0.270 e. The second-order valence-corrected chi connectivity index (χ2v) is 4.20. The molecular formula is C14H17N3O. The molecule has 18 heavy (non-hydrogen) atoms. The van der Waals surface area contributed by atoms with E-state index in [0.29, 0.717) is 12.2 Å². The highest BCUT2D eigenvalue weighted by atomic mass is 16.1. The van der Waals surface area contributed by atoms with E-state index >= 15 is 0 Å². The van der Waals surface area contributed by atoms with Crippen molar-refractivity contribution in [2.24, 2.45) is 0 Å². The van der Waals surface area contributed by atoms with Crippen LogP contribution in [-0.4, -0.2) is 22.4 Å². The standard InChI is InChI=1S/C14H17N3O/c1-2-3-6-9-15-14(18)13-11-7-4-5-8-12(11)16-10-17-13/h4-5,7-8,10H,2-3,6,9H2,1H3,(H,15,18). The number of amides is 1. The first-order chi connectivity index (χ1) is 8.83. The number of hydrogen-bond donors (Lipinski definition) is 1. The number of unbranched alkanes of at least 4 members (excludes halogenated alkanes) is 2. The fourth-order valence-corrected chi connectivity index (χ4v) is 1.85. The predicted molar refractivity (Wildman–Crippen MR) is 71.4 cm³/mol. The summed E-state index contributed by atoms with van der Waals surface area (Å²) in [5.41, 5.74) is 1.25. The van der Waals surface area contributed by atoms with Gasteiger partial charge in [-0.15, -0.1) is 0 Å². The maximum Gasteiger partial charge on any atom is 0.270 e. The number of carbonyl (C=O) groups is 1. The molecule has 0 saturated carbocycles. The van der Waals surface area contributed by atoms with Gasteiger partial charge in [0.05, 0.1) is 5.52 Å². The van der Waals surface area contributed by atoms with Crippen molar-refractivity contribution >= 4 is 16.8 Å². The van der Waals surface area contributed by atoms with Crippen molar-refractivity contribution in [1.82, 2.24) is 15.3 Å². The van der Waals surface area contributed by atoms with Gasteiger partial charge in [-0.3, -0.25) is 4.79 Å². The fourth-order valence-electron chi connectivity index (χ4n) is 1.85. The predicted octanol–water partition coefficient (Wildman–Crippen LogP) is 2.55. The minimum atomic E-state index is -0.121. The van der Waals surface area contributed by atoms with E-state index in [-0.39, 0.29) is 5.91 Å². The van der Waals surface area contributed by atoms with Crippen molar-refractivity contribution in [2.45, 2.75) is 26.2 Å². The average molecular weight is 243 g/mol. The Morgan fingerprint density at radius 2 is 2.06 bits per heavy atom. The summed E-state index contributed by atoms with van der Waals surface area (Å²) in [6.45, 7) is 2.84. The molecule has 4 heteroatoms. The summed E-state index contributed by atoms with van der Waals surface area (Å²) in [4.78, 5) is 20.2. The Morgan fingerprint density at radius 3 is 2.89 bits per heavy atom. The van der Waals surface area contributed by atoms with Gasteiger partial charge in [0.25, 0.3) is 5.91 Å². The summed E-state index contributed by atoms with van der Waals surface area (Å²) >= 11 is 0. The van der Waals surface area contributed by atoms with Crippen molar-refractivity contribution in [2.75, 3.05) is 6.54 Å². The second-order valence-electron chi connectivity index (χ2n) is 4.20. The topological polar surface area (TPSA) is 54.9 Å². The van der Waals surface area contributed by atoms with Crippen LogP contribution in [0.4, 0.5) is 0 Å². The van der Waals surface area contributed by atoms with Crippen molar-refractivity contribution in [3.05, 3.63) is 36.3 Å². The first kappa shape index (κ1) is 12.5. The van der Waals surface area contributed by atoms with Gasteiger partial charge in [-0.2, -0.15) is 0 Å². The van der Waals surface area contributed by atoms with Crippen LogP contribution in [0.5, 0.6) is 0 Å². The Labute approximate surface area is 106 Å². The monoisotopic (exact) mass is 243 g/mol. The first-order valence-electron chi connectivity index (χ1n) is 6.31.